The largest absolute Gasteiger partial charge is 0.491 e. The number of carbonyl (C=O) groups is 1. The molecule has 0 heterocycles. The molecule has 0 aliphatic rings. The number of amides is 1. The average Bonchev–Trinajstić information content (AvgIpc) is 2.76. The third-order valence-corrected chi connectivity index (χ3v) is 6.71. The number of sulfonamides is 1. The summed E-state index contributed by atoms with van der Waals surface area (Å²) in [6.45, 7) is 6.08. The lowest BCUT2D eigenvalue weighted by Crippen LogP contribution is -2.42. The normalized spacial score (nSPS) is 11.1. The van der Waals surface area contributed by atoms with Gasteiger partial charge in [0.1, 0.15) is 18.9 Å². The molecule has 0 bridgehead atoms. The Kier molecular flexibility index (Phi) is 7.53. The van der Waals surface area contributed by atoms with E-state index in [1.165, 1.54) is 12.1 Å². The molecule has 0 aliphatic heterocycles. The molecule has 1 amide bonds. The molecule has 0 spiro atoms. The maximum Gasteiger partial charge on any atom is 0.264 e. The summed E-state index contributed by atoms with van der Waals surface area (Å²) in [5.74, 6) is 0.355. The SMILES string of the molecule is Cc1cccc(N(CC(=O)NCCOc2ccc(C)cc2C)S(=O)(=O)c2ccccc2)c1. The van der Waals surface area contributed by atoms with Crippen molar-refractivity contribution in [2.24, 2.45) is 0 Å². The molecule has 0 fully saturated rings. The number of ether oxygens (including phenoxy) is 1. The highest BCUT2D eigenvalue weighted by Gasteiger charge is 2.27. The molecule has 6 nitrogen and oxygen atoms in total. The van der Waals surface area contributed by atoms with Gasteiger partial charge in [0.15, 0.2) is 0 Å². The molecular formula is C25H28N2O4S. The Balaban J connectivity index is 1.68. The van der Waals surface area contributed by atoms with Gasteiger partial charge >= 0.3 is 0 Å². The minimum atomic E-state index is -3.91. The maximum atomic E-state index is 13.3. The Labute approximate surface area is 189 Å². The van der Waals surface area contributed by atoms with Gasteiger partial charge in [0.2, 0.25) is 5.91 Å². The van der Waals surface area contributed by atoms with Crippen molar-refractivity contribution in [3.8, 4) is 5.75 Å². The standard InChI is InChI=1S/C25H28N2O4S/c1-19-8-7-9-22(17-19)27(32(29,30)23-10-5-4-6-11-23)18-25(28)26-14-15-31-24-13-12-20(2)16-21(24)3/h4-13,16-17H,14-15,18H2,1-3H3,(H,26,28). The fourth-order valence-corrected chi connectivity index (χ4v) is 4.75. The molecule has 0 unspecified atom stereocenters. The van der Waals surface area contributed by atoms with Crippen LogP contribution in [0, 0.1) is 20.8 Å². The highest BCUT2D eigenvalue weighted by atomic mass is 32.2. The molecule has 3 aromatic carbocycles. The molecule has 32 heavy (non-hydrogen) atoms. The Hall–Kier alpha value is -3.32. The van der Waals surface area contributed by atoms with Crippen molar-refractivity contribution >= 4 is 21.6 Å². The van der Waals surface area contributed by atoms with Crippen molar-refractivity contribution in [1.29, 1.82) is 0 Å². The molecular weight excluding hydrogens is 424 g/mol. The summed E-state index contributed by atoms with van der Waals surface area (Å²) in [6, 6.07) is 21.1. The van der Waals surface area contributed by atoms with Gasteiger partial charge in [-0.2, -0.15) is 0 Å². The van der Waals surface area contributed by atoms with Crippen LogP contribution in [-0.2, 0) is 14.8 Å². The van der Waals surface area contributed by atoms with E-state index in [2.05, 4.69) is 5.32 Å². The first-order valence-corrected chi connectivity index (χ1v) is 11.8. The number of hydrogen-bond acceptors (Lipinski definition) is 4. The molecule has 3 aromatic rings. The van der Waals surface area contributed by atoms with Crippen LogP contribution in [0.5, 0.6) is 5.75 Å². The lowest BCUT2D eigenvalue weighted by molar-refractivity contribution is -0.119. The molecule has 3 rings (SSSR count). The van der Waals surface area contributed by atoms with Crippen LogP contribution in [0.2, 0.25) is 0 Å². The third kappa shape index (κ3) is 5.88. The van der Waals surface area contributed by atoms with Gasteiger partial charge in [-0.25, -0.2) is 8.42 Å². The van der Waals surface area contributed by atoms with Crippen LogP contribution >= 0.6 is 0 Å². The van der Waals surface area contributed by atoms with Crippen molar-refractivity contribution < 1.29 is 17.9 Å². The minimum absolute atomic E-state index is 0.132. The van der Waals surface area contributed by atoms with E-state index in [1.807, 2.05) is 45.0 Å². The minimum Gasteiger partial charge on any atom is -0.491 e. The maximum absolute atomic E-state index is 13.3. The van der Waals surface area contributed by atoms with E-state index < -0.39 is 15.9 Å². The van der Waals surface area contributed by atoms with Gasteiger partial charge in [0, 0.05) is 0 Å². The van der Waals surface area contributed by atoms with Gasteiger partial charge in [-0.3, -0.25) is 9.10 Å². The van der Waals surface area contributed by atoms with E-state index in [4.69, 9.17) is 4.74 Å². The van der Waals surface area contributed by atoms with Crippen LogP contribution in [0.3, 0.4) is 0 Å². The summed E-state index contributed by atoms with van der Waals surface area (Å²) >= 11 is 0. The van der Waals surface area contributed by atoms with E-state index in [-0.39, 0.29) is 24.6 Å². The highest BCUT2D eigenvalue weighted by Crippen LogP contribution is 2.24. The van der Waals surface area contributed by atoms with E-state index in [0.29, 0.717) is 5.69 Å². The van der Waals surface area contributed by atoms with Gasteiger partial charge in [-0.1, -0.05) is 48.0 Å². The molecule has 0 aromatic heterocycles. The fourth-order valence-electron chi connectivity index (χ4n) is 3.32. The molecule has 0 saturated carbocycles. The van der Waals surface area contributed by atoms with Gasteiger partial charge in [-0.05, 0) is 62.2 Å². The van der Waals surface area contributed by atoms with Crippen molar-refractivity contribution in [3.63, 3.8) is 0 Å². The number of aryl methyl sites for hydroxylation is 3. The van der Waals surface area contributed by atoms with Gasteiger partial charge in [-0.15, -0.1) is 0 Å². The second kappa shape index (κ2) is 10.3. The monoisotopic (exact) mass is 452 g/mol. The molecule has 1 N–H and O–H groups in total. The number of nitrogens with one attached hydrogen (secondary N) is 1. The lowest BCUT2D eigenvalue weighted by atomic mass is 10.1. The second-order valence-corrected chi connectivity index (χ2v) is 9.49. The van der Waals surface area contributed by atoms with E-state index in [0.717, 1.165) is 26.7 Å². The second-order valence-electron chi connectivity index (χ2n) is 7.63. The number of rotatable bonds is 9. The molecule has 7 heteroatoms. The number of anilines is 1. The summed E-state index contributed by atoms with van der Waals surface area (Å²) in [5.41, 5.74) is 3.52. The Morgan fingerprint density at radius 2 is 1.62 bits per heavy atom. The predicted molar refractivity (Wildman–Crippen MR) is 127 cm³/mol. The van der Waals surface area contributed by atoms with Crippen molar-refractivity contribution in [3.05, 3.63) is 89.5 Å². The van der Waals surface area contributed by atoms with Crippen LogP contribution in [0.1, 0.15) is 16.7 Å². The third-order valence-electron chi connectivity index (χ3n) is 4.92. The summed E-state index contributed by atoms with van der Waals surface area (Å²) < 4.78 is 33.4. The zero-order valence-corrected chi connectivity index (χ0v) is 19.4. The number of carbonyl (C=O) groups excluding carboxylic acids is 1. The lowest BCUT2D eigenvalue weighted by Gasteiger charge is -2.24. The highest BCUT2D eigenvalue weighted by molar-refractivity contribution is 7.92. The predicted octanol–water partition coefficient (Wildman–Crippen LogP) is 4.00. The van der Waals surface area contributed by atoms with E-state index >= 15 is 0 Å². The quantitative estimate of drug-likeness (QED) is 0.498. The summed E-state index contributed by atoms with van der Waals surface area (Å²) in [4.78, 5) is 12.8. The van der Waals surface area contributed by atoms with Gasteiger partial charge < -0.3 is 10.1 Å². The zero-order chi connectivity index (χ0) is 23.1. The first-order chi connectivity index (χ1) is 15.3. The smallest absolute Gasteiger partial charge is 0.264 e. The Morgan fingerprint density at radius 1 is 0.906 bits per heavy atom. The fraction of sp³-hybridized carbons (Fsp3) is 0.240. The summed E-state index contributed by atoms with van der Waals surface area (Å²) in [5, 5.41) is 2.75. The zero-order valence-electron chi connectivity index (χ0n) is 18.5. The molecule has 168 valence electrons. The summed E-state index contributed by atoms with van der Waals surface area (Å²) in [6.07, 6.45) is 0. The van der Waals surface area contributed by atoms with Gasteiger partial charge in [0.25, 0.3) is 10.0 Å². The van der Waals surface area contributed by atoms with Crippen LogP contribution in [0.15, 0.2) is 77.7 Å². The number of nitrogens with zero attached hydrogens (tertiary/aromatic N) is 1. The van der Waals surface area contributed by atoms with Crippen molar-refractivity contribution in [2.45, 2.75) is 25.7 Å². The van der Waals surface area contributed by atoms with Crippen molar-refractivity contribution in [1.82, 2.24) is 5.32 Å². The topological polar surface area (TPSA) is 75.7 Å². The molecule has 0 atom stereocenters. The van der Waals surface area contributed by atoms with Crippen LogP contribution < -0.4 is 14.4 Å². The number of benzene rings is 3. The van der Waals surface area contributed by atoms with Crippen LogP contribution in [0.4, 0.5) is 5.69 Å². The first kappa shape index (κ1) is 23.3. The molecule has 0 radical (unpaired) electrons. The number of hydrogen-bond donors (Lipinski definition) is 1. The Bertz CT molecular complexity index is 1180. The van der Waals surface area contributed by atoms with Crippen molar-refractivity contribution in [2.75, 3.05) is 24.0 Å². The van der Waals surface area contributed by atoms with Crippen LogP contribution in [-0.4, -0.2) is 34.0 Å². The first-order valence-electron chi connectivity index (χ1n) is 10.4. The van der Waals surface area contributed by atoms with E-state index in [1.54, 1.807) is 36.4 Å². The molecule has 0 aliphatic carbocycles. The van der Waals surface area contributed by atoms with E-state index in [9.17, 15) is 13.2 Å². The Morgan fingerprint density at radius 3 is 2.31 bits per heavy atom. The van der Waals surface area contributed by atoms with Crippen LogP contribution in [0.25, 0.3) is 0 Å². The van der Waals surface area contributed by atoms with Gasteiger partial charge in [0.05, 0.1) is 17.1 Å². The molecule has 0 saturated heterocycles. The summed E-state index contributed by atoms with van der Waals surface area (Å²) in [7, 11) is -3.91. The average molecular weight is 453 g/mol.